The Kier molecular flexibility index (Phi) is 5.40. The molecule has 1 amide bonds. The van der Waals surface area contributed by atoms with Crippen LogP contribution < -0.4 is 10.1 Å². The summed E-state index contributed by atoms with van der Waals surface area (Å²) in [6, 6.07) is 14.0. The highest BCUT2D eigenvalue weighted by Gasteiger charge is 2.29. The van der Waals surface area contributed by atoms with Gasteiger partial charge in [-0.2, -0.15) is 0 Å². The standard InChI is InChI=1S/C24H24FN3O2/c1-4-28-14-20-19(24(28)29)11-12-26-23(20)27-16(3)17-7-10-22(21(25)13-17)30-18-8-5-15(2)6-9-18/h5-13,16H,4,14H2,1-3H3,(H,26,27)/t16-/m0/s1. The molecule has 0 unspecified atom stereocenters. The Balaban J connectivity index is 1.51. The van der Waals surface area contributed by atoms with Gasteiger partial charge in [0.25, 0.3) is 5.91 Å². The van der Waals surface area contributed by atoms with Gasteiger partial charge in [0.15, 0.2) is 11.6 Å². The summed E-state index contributed by atoms with van der Waals surface area (Å²) in [5.41, 5.74) is 3.44. The molecule has 4 rings (SSSR count). The Morgan fingerprint density at radius 3 is 2.67 bits per heavy atom. The summed E-state index contributed by atoms with van der Waals surface area (Å²) in [7, 11) is 0. The number of amides is 1. The van der Waals surface area contributed by atoms with E-state index in [1.807, 2.05) is 51.1 Å². The Morgan fingerprint density at radius 1 is 1.20 bits per heavy atom. The van der Waals surface area contributed by atoms with Crippen molar-refractivity contribution in [2.75, 3.05) is 11.9 Å². The molecule has 1 aliphatic heterocycles. The molecule has 2 heterocycles. The average Bonchev–Trinajstić information content (AvgIpc) is 3.08. The Morgan fingerprint density at radius 2 is 1.97 bits per heavy atom. The van der Waals surface area contributed by atoms with E-state index in [0.717, 1.165) is 16.7 Å². The Hall–Kier alpha value is -3.41. The molecule has 1 aromatic heterocycles. The number of carbonyl (C=O) groups excluding carboxylic acids is 1. The zero-order valence-electron chi connectivity index (χ0n) is 17.3. The topological polar surface area (TPSA) is 54.5 Å². The number of hydrogen-bond donors (Lipinski definition) is 1. The van der Waals surface area contributed by atoms with Crippen LogP contribution in [0.4, 0.5) is 10.2 Å². The van der Waals surface area contributed by atoms with Gasteiger partial charge < -0.3 is 15.0 Å². The maximum absolute atomic E-state index is 14.7. The summed E-state index contributed by atoms with van der Waals surface area (Å²) < 4.78 is 20.3. The number of ether oxygens (including phenoxy) is 1. The first-order chi connectivity index (χ1) is 14.5. The number of anilines is 1. The SMILES string of the molecule is CCN1Cc2c(ccnc2N[C@@H](C)c2ccc(Oc3ccc(C)cc3)c(F)c2)C1=O. The number of carbonyl (C=O) groups is 1. The quantitative estimate of drug-likeness (QED) is 0.591. The molecule has 0 fully saturated rings. The number of benzene rings is 2. The Labute approximate surface area is 175 Å². The van der Waals surface area contributed by atoms with Crippen LogP contribution in [0, 0.1) is 12.7 Å². The van der Waals surface area contributed by atoms with Crippen molar-refractivity contribution in [1.82, 2.24) is 9.88 Å². The fourth-order valence-corrected chi connectivity index (χ4v) is 3.56. The van der Waals surface area contributed by atoms with Gasteiger partial charge in [0.2, 0.25) is 0 Å². The van der Waals surface area contributed by atoms with Crippen LogP contribution in [0.15, 0.2) is 54.7 Å². The summed E-state index contributed by atoms with van der Waals surface area (Å²) >= 11 is 0. The molecule has 1 N–H and O–H groups in total. The van der Waals surface area contributed by atoms with Crippen molar-refractivity contribution in [3.63, 3.8) is 0 Å². The normalized spacial score (nSPS) is 13.9. The van der Waals surface area contributed by atoms with Crippen molar-refractivity contribution in [2.45, 2.75) is 33.4 Å². The summed E-state index contributed by atoms with van der Waals surface area (Å²) in [5, 5.41) is 3.33. The second kappa shape index (κ2) is 8.14. The molecule has 5 nitrogen and oxygen atoms in total. The Bertz CT molecular complexity index is 1080. The van der Waals surface area contributed by atoms with Gasteiger partial charge >= 0.3 is 0 Å². The number of hydrogen-bond acceptors (Lipinski definition) is 4. The van der Waals surface area contributed by atoms with Gasteiger partial charge in [-0.25, -0.2) is 9.37 Å². The molecule has 1 atom stereocenters. The zero-order chi connectivity index (χ0) is 21.3. The van der Waals surface area contributed by atoms with Gasteiger partial charge in [-0.3, -0.25) is 4.79 Å². The highest BCUT2D eigenvalue weighted by molar-refractivity contribution is 5.99. The zero-order valence-corrected chi connectivity index (χ0v) is 17.3. The smallest absolute Gasteiger partial charge is 0.254 e. The molecule has 30 heavy (non-hydrogen) atoms. The maximum atomic E-state index is 14.7. The van der Waals surface area contributed by atoms with Gasteiger partial charge in [-0.1, -0.05) is 23.8 Å². The van der Waals surface area contributed by atoms with E-state index in [0.29, 0.717) is 30.2 Å². The van der Waals surface area contributed by atoms with Gasteiger partial charge in [-0.15, -0.1) is 0 Å². The van der Waals surface area contributed by atoms with Crippen LogP contribution in [-0.2, 0) is 6.54 Å². The lowest BCUT2D eigenvalue weighted by molar-refractivity contribution is 0.0787. The van der Waals surface area contributed by atoms with E-state index in [9.17, 15) is 9.18 Å². The van der Waals surface area contributed by atoms with Crippen molar-refractivity contribution in [3.8, 4) is 11.5 Å². The van der Waals surface area contributed by atoms with Crippen LogP contribution in [0.2, 0.25) is 0 Å². The summed E-state index contributed by atoms with van der Waals surface area (Å²) in [5.74, 6) is 1.02. The minimum Gasteiger partial charge on any atom is -0.454 e. The number of fused-ring (bicyclic) bond motifs is 1. The molecule has 0 aliphatic carbocycles. The highest BCUT2D eigenvalue weighted by atomic mass is 19.1. The molecule has 0 saturated heterocycles. The van der Waals surface area contributed by atoms with Crippen molar-refractivity contribution < 1.29 is 13.9 Å². The largest absolute Gasteiger partial charge is 0.454 e. The third-order valence-corrected chi connectivity index (χ3v) is 5.36. The van der Waals surface area contributed by atoms with Gasteiger partial charge in [0, 0.05) is 23.9 Å². The van der Waals surface area contributed by atoms with E-state index in [-0.39, 0.29) is 17.7 Å². The number of halogens is 1. The first-order valence-corrected chi connectivity index (χ1v) is 10.0. The van der Waals surface area contributed by atoms with E-state index in [2.05, 4.69) is 10.3 Å². The number of aryl methyl sites for hydroxylation is 1. The van der Waals surface area contributed by atoms with Crippen LogP contribution in [0.5, 0.6) is 11.5 Å². The van der Waals surface area contributed by atoms with Crippen LogP contribution in [0.25, 0.3) is 0 Å². The predicted molar refractivity (Wildman–Crippen MR) is 114 cm³/mol. The summed E-state index contributed by atoms with van der Waals surface area (Å²) in [4.78, 5) is 18.6. The molecule has 1 aliphatic rings. The lowest BCUT2D eigenvalue weighted by atomic mass is 10.1. The van der Waals surface area contributed by atoms with Crippen LogP contribution in [-0.4, -0.2) is 22.3 Å². The van der Waals surface area contributed by atoms with Gasteiger partial charge in [0.1, 0.15) is 11.6 Å². The fraction of sp³-hybridized carbons (Fsp3) is 0.250. The number of rotatable bonds is 6. The lowest BCUT2D eigenvalue weighted by Gasteiger charge is -2.18. The molecule has 0 radical (unpaired) electrons. The first kappa shape index (κ1) is 19.9. The summed E-state index contributed by atoms with van der Waals surface area (Å²) in [6.45, 7) is 7.06. The van der Waals surface area contributed by atoms with E-state index in [1.54, 1.807) is 23.2 Å². The first-order valence-electron chi connectivity index (χ1n) is 10.0. The second-order valence-electron chi connectivity index (χ2n) is 7.48. The van der Waals surface area contributed by atoms with Crippen LogP contribution in [0.3, 0.4) is 0 Å². The molecular weight excluding hydrogens is 381 g/mol. The van der Waals surface area contributed by atoms with E-state index in [4.69, 9.17) is 4.74 Å². The third kappa shape index (κ3) is 3.85. The molecule has 154 valence electrons. The van der Waals surface area contributed by atoms with E-state index >= 15 is 0 Å². The monoisotopic (exact) mass is 405 g/mol. The molecule has 3 aromatic rings. The molecule has 0 spiro atoms. The minimum atomic E-state index is -0.430. The third-order valence-electron chi connectivity index (χ3n) is 5.36. The van der Waals surface area contributed by atoms with Crippen molar-refractivity contribution >= 4 is 11.7 Å². The van der Waals surface area contributed by atoms with Crippen LogP contribution >= 0.6 is 0 Å². The number of nitrogens with zero attached hydrogens (tertiary/aromatic N) is 2. The highest BCUT2D eigenvalue weighted by Crippen LogP contribution is 2.31. The van der Waals surface area contributed by atoms with Gasteiger partial charge in [-0.05, 0) is 56.7 Å². The van der Waals surface area contributed by atoms with Crippen molar-refractivity contribution in [1.29, 1.82) is 0 Å². The number of pyridine rings is 1. The maximum Gasteiger partial charge on any atom is 0.254 e. The lowest BCUT2D eigenvalue weighted by Crippen LogP contribution is -2.22. The van der Waals surface area contributed by atoms with Gasteiger partial charge in [0.05, 0.1) is 12.6 Å². The van der Waals surface area contributed by atoms with E-state index in [1.165, 1.54) is 6.07 Å². The van der Waals surface area contributed by atoms with E-state index < -0.39 is 5.82 Å². The molecule has 6 heteroatoms. The fourth-order valence-electron chi connectivity index (χ4n) is 3.56. The number of nitrogens with one attached hydrogen (secondary N) is 1. The summed E-state index contributed by atoms with van der Waals surface area (Å²) in [6.07, 6.45) is 1.63. The van der Waals surface area contributed by atoms with Crippen molar-refractivity contribution in [3.05, 3.63) is 82.8 Å². The minimum absolute atomic E-state index is 0.0225. The second-order valence-corrected chi connectivity index (χ2v) is 7.48. The van der Waals surface area contributed by atoms with Crippen molar-refractivity contribution in [2.24, 2.45) is 0 Å². The number of aromatic nitrogens is 1. The van der Waals surface area contributed by atoms with Crippen LogP contribution in [0.1, 0.15) is 46.9 Å². The average molecular weight is 405 g/mol. The molecule has 2 aromatic carbocycles. The molecule has 0 saturated carbocycles. The molecular formula is C24H24FN3O2. The predicted octanol–water partition coefficient (Wildman–Crippen LogP) is 5.47. The molecule has 0 bridgehead atoms.